The van der Waals surface area contributed by atoms with Crippen molar-refractivity contribution in [1.29, 1.82) is 0 Å². The molecule has 0 bridgehead atoms. The summed E-state index contributed by atoms with van der Waals surface area (Å²) < 4.78 is 3.71. The van der Waals surface area contributed by atoms with Gasteiger partial charge in [0.15, 0.2) is 0 Å². The lowest BCUT2D eigenvalue weighted by molar-refractivity contribution is 0.719. The Balaban J connectivity index is 2.03. The molecular weight excluding hydrogens is 396 g/mol. The summed E-state index contributed by atoms with van der Waals surface area (Å²) in [5, 5.41) is 8.14. The van der Waals surface area contributed by atoms with Crippen molar-refractivity contribution in [1.82, 2.24) is 15.0 Å². The van der Waals surface area contributed by atoms with E-state index in [1.54, 1.807) is 10.9 Å². The number of benzene rings is 2. The third kappa shape index (κ3) is 3.07. The number of hydrogen-bond acceptors (Lipinski definition) is 3. The van der Waals surface area contributed by atoms with E-state index in [0.717, 1.165) is 25.9 Å². The van der Waals surface area contributed by atoms with Gasteiger partial charge in [0.05, 0.1) is 23.6 Å². The van der Waals surface area contributed by atoms with Gasteiger partial charge in [-0.3, -0.25) is 0 Å². The van der Waals surface area contributed by atoms with Gasteiger partial charge in [0, 0.05) is 8.95 Å². The number of hydrogen-bond donors (Lipinski definition) is 1. The molecule has 0 saturated carbocycles. The summed E-state index contributed by atoms with van der Waals surface area (Å²) in [6.07, 6.45) is 1.70. The lowest BCUT2D eigenvalue weighted by atomic mass is 10.1. The summed E-state index contributed by atoms with van der Waals surface area (Å²) in [7, 11) is 0. The highest BCUT2D eigenvalue weighted by Crippen LogP contribution is 2.27. The van der Waals surface area contributed by atoms with Gasteiger partial charge >= 0.3 is 0 Å². The second kappa shape index (κ2) is 6.09. The Labute approximate surface area is 139 Å². The van der Waals surface area contributed by atoms with Crippen molar-refractivity contribution in [3.8, 4) is 5.69 Å². The maximum Gasteiger partial charge on any atom is 0.0858 e. The molecule has 3 aromatic rings. The van der Waals surface area contributed by atoms with Gasteiger partial charge < -0.3 is 5.73 Å². The fourth-order valence-electron chi connectivity index (χ4n) is 2.15. The van der Waals surface area contributed by atoms with Gasteiger partial charge in [0.25, 0.3) is 0 Å². The standard InChI is InChI=1S/C15H12Br2N4/c16-11-6-10(7-12(17)8-11)15(18)14-9-19-20-21(14)13-4-2-1-3-5-13/h1-9,15H,18H2. The van der Waals surface area contributed by atoms with Crippen LogP contribution in [0.15, 0.2) is 63.7 Å². The number of rotatable bonds is 3. The van der Waals surface area contributed by atoms with Gasteiger partial charge in [0.2, 0.25) is 0 Å². The fourth-order valence-corrected chi connectivity index (χ4v) is 3.48. The van der Waals surface area contributed by atoms with Crippen LogP contribution in [0.1, 0.15) is 17.3 Å². The van der Waals surface area contributed by atoms with Crippen molar-refractivity contribution in [2.75, 3.05) is 0 Å². The van der Waals surface area contributed by atoms with Crippen molar-refractivity contribution >= 4 is 31.9 Å². The van der Waals surface area contributed by atoms with Crippen LogP contribution in [0.5, 0.6) is 0 Å². The first kappa shape index (κ1) is 14.4. The highest BCUT2D eigenvalue weighted by molar-refractivity contribution is 9.11. The quantitative estimate of drug-likeness (QED) is 0.717. The number of halogens is 2. The first-order valence-electron chi connectivity index (χ1n) is 6.33. The number of para-hydroxylation sites is 1. The Morgan fingerprint density at radius 2 is 1.67 bits per heavy atom. The number of nitrogens with zero attached hydrogens (tertiary/aromatic N) is 3. The van der Waals surface area contributed by atoms with E-state index in [0.29, 0.717) is 0 Å². The van der Waals surface area contributed by atoms with Gasteiger partial charge in [0.1, 0.15) is 0 Å². The van der Waals surface area contributed by atoms with Crippen LogP contribution < -0.4 is 5.73 Å². The van der Waals surface area contributed by atoms with Crippen LogP contribution in [0.3, 0.4) is 0 Å². The first-order valence-corrected chi connectivity index (χ1v) is 7.91. The maximum absolute atomic E-state index is 6.39. The predicted molar refractivity (Wildman–Crippen MR) is 89.2 cm³/mol. The molecule has 6 heteroatoms. The van der Waals surface area contributed by atoms with E-state index in [2.05, 4.69) is 42.2 Å². The molecule has 1 atom stereocenters. The normalized spacial score (nSPS) is 12.3. The van der Waals surface area contributed by atoms with E-state index in [1.165, 1.54) is 0 Å². The molecule has 0 aliphatic rings. The molecular formula is C15H12Br2N4. The lowest BCUT2D eigenvalue weighted by Gasteiger charge is -2.14. The fraction of sp³-hybridized carbons (Fsp3) is 0.0667. The van der Waals surface area contributed by atoms with Crippen LogP contribution in [0.2, 0.25) is 0 Å². The minimum atomic E-state index is -0.311. The van der Waals surface area contributed by atoms with Crippen LogP contribution in [0, 0.1) is 0 Å². The summed E-state index contributed by atoms with van der Waals surface area (Å²) in [6, 6.07) is 15.5. The monoisotopic (exact) mass is 406 g/mol. The smallest absolute Gasteiger partial charge is 0.0858 e. The zero-order chi connectivity index (χ0) is 14.8. The largest absolute Gasteiger partial charge is 0.319 e. The summed E-state index contributed by atoms with van der Waals surface area (Å²) in [6.45, 7) is 0. The first-order chi connectivity index (χ1) is 10.1. The SMILES string of the molecule is NC(c1cc(Br)cc(Br)c1)c1cnnn1-c1ccccc1. The Morgan fingerprint density at radius 3 is 2.33 bits per heavy atom. The Bertz CT molecular complexity index is 735. The average molecular weight is 408 g/mol. The molecule has 1 aromatic heterocycles. The molecule has 3 rings (SSSR count). The van der Waals surface area contributed by atoms with Crippen LogP contribution in [-0.4, -0.2) is 15.0 Å². The third-order valence-corrected chi connectivity index (χ3v) is 4.05. The minimum absolute atomic E-state index is 0.311. The van der Waals surface area contributed by atoms with E-state index in [4.69, 9.17) is 5.73 Å². The second-order valence-electron chi connectivity index (χ2n) is 4.59. The van der Waals surface area contributed by atoms with E-state index < -0.39 is 0 Å². The molecule has 21 heavy (non-hydrogen) atoms. The molecule has 2 aromatic carbocycles. The molecule has 0 amide bonds. The van der Waals surface area contributed by atoms with Gasteiger partial charge in [-0.1, -0.05) is 55.3 Å². The van der Waals surface area contributed by atoms with E-state index in [-0.39, 0.29) is 6.04 Å². The summed E-state index contributed by atoms with van der Waals surface area (Å²) in [4.78, 5) is 0. The number of aromatic nitrogens is 3. The molecule has 0 radical (unpaired) electrons. The Kier molecular flexibility index (Phi) is 4.19. The summed E-state index contributed by atoms with van der Waals surface area (Å²) >= 11 is 6.97. The molecule has 2 N–H and O–H groups in total. The van der Waals surface area contributed by atoms with Crippen molar-refractivity contribution in [2.45, 2.75) is 6.04 Å². The van der Waals surface area contributed by atoms with Crippen LogP contribution in [0.4, 0.5) is 0 Å². The molecule has 1 heterocycles. The topological polar surface area (TPSA) is 56.7 Å². The Hall–Kier alpha value is -1.50. The van der Waals surface area contributed by atoms with E-state index >= 15 is 0 Å². The van der Waals surface area contributed by atoms with Crippen molar-refractivity contribution in [3.63, 3.8) is 0 Å². The highest BCUT2D eigenvalue weighted by atomic mass is 79.9. The lowest BCUT2D eigenvalue weighted by Crippen LogP contribution is -2.16. The van der Waals surface area contributed by atoms with Crippen molar-refractivity contribution < 1.29 is 0 Å². The number of nitrogens with two attached hydrogens (primary N) is 1. The molecule has 0 aliphatic heterocycles. The van der Waals surface area contributed by atoms with Gasteiger partial charge in [-0.2, -0.15) is 0 Å². The molecule has 0 spiro atoms. The maximum atomic E-state index is 6.39. The Morgan fingerprint density at radius 1 is 1.00 bits per heavy atom. The highest BCUT2D eigenvalue weighted by Gasteiger charge is 2.17. The minimum Gasteiger partial charge on any atom is -0.319 e. The molecule has 0 aliphatic carbocycles. The molecule has 106 valence electrons. The molecule has 4 nitrogen and oxygen atoms in total. The van der Waals surface area contributed by atoms with Gasteiger partial charge in [-0.15, -0.1) is 5.10 Å². The van der Waals surface area contributed by atoms with E-state index in [9.17, 15) is 0 Å². The zero-order valence-corrected chi connectivity index (χ0v) is 14.1. The molecule has 1 unspecified atom stereocenters. The second-order valence-corrected chi connectivity index (χ2v) is 6.42. The van der Waals surface area contributed by atoms with E-state index in [1.807, 2.05) is 48.5 Å². The molecule has 0 fully saturated rings. The van der Waals surface area contributed by atoms with Crippen molar-refractivity contribution in [3.05, 3.63) is 74.9 Å². The predicted octanol–water partition coefficient (Wildman–Crippen LogP) is 3.84. The van der Waals surface area contributed by atoms with Crippen LogP contribution in [0.25, 0.3) is 5.69 Å². The summed E-state index contributed by atoms with van der Waals surface area (Å²) in [5.74, 6) is 0. The molecule has 0 saturated heterocycles. The third-order valence-electron chi connectivity index (χ3n) is 3.14. The zero-order valence-electron chi connectivity index (χ0n) is 10.9. The average Bonchev–Trinajstić information content (AvgIpc) is 2.95. The van der Waals surface area contributed by atoms with Crippen LogP contribution >= 0.6 is 31.9 Å². The van der Waals surface area contributed by atoms with Gasteiger partial charge in [-0.05, 0) is 35.9 Å². The van der Waals surface area contributed by atoms with Gasteiger partial charge in [-0.25, -0.2) is 4.68 Å². The summed E-state index contributed by atoms with van der Waals surface area (Å²) in [5.41, 5.74) is 9.15. The van der Waals surface area contributed by atoms with Crippen molar-refractivity contribution in [2.24, 2.45) is 5.73 Å². The van der Waals surface area contributed by atoms with Crippen LogP contribution in [-0.2, 0) is 0 Å².